The first-order chi connectivity index (χ1) is 12.2. The molecule has 0 aromatic heterocycles. The Morgan fingerprint density at radius 1 is 1.38 bits per heavy atom. The standard InChI is InChI=1S/C17H21F3N2O4/c1-11(9-25-10-17(18,19)20)21-15(23)7-8-22-13-5-3-4-6-14(13)26-12(2)16(22)24/h3-6,11-12H,7-10H2,1-2H3,(H,21,23). The number of amides is 2. The van der Waals surface area contributed by atoms with Crippen LogP contribution in [0.4, 0.5) is 18.9 Å². The summed E-state index contributed by atoms with van der Waals surface area (Å²) in [5.74, 6) is -0.0653. The molecule has 2 unspecified atom stereocenters. The quantitative estimate of drug-likeness (QED) is 0.795. The van der Waals surface area contributed by atoms with E-state index < -0.39 is 24.9 Å². The summed E-state index contributed by atoms with van der Waals surface area (Å²) >= 11 is 0. The number of benzene rings is 1. The zero-order chi connectivity index (χ0) is 19.3. The Balaban J connectivity index is 1.84. The van der Waals surface area contributed by atoms with Crippen molar-refractivity contribution in [3.63, 3.8) is 0 Å². The molecule has 2 amide bonds. The van der Waals surface area contributed by atoms with E-state index in [9.17, 15) is 22.8 Å². The van der Waals surface area contributed by atoms with Gasteiger partial charge >= 0.3 is 6.18 Å². The lowest BCUT2D eigenvalue weighted by Crippen LogP contribution is -2.46. The number of alkyl halides is 3. The number of fused-ring (bicyclic) bond motifs is 1. The van der Waals surface area contributed by atoms with Crippen LogP contribution in [0.25, 0.3) is 0 Å². The van der Waals surface area contributed by atoms with Crippen LogP contribution in [-0.2, 0) is 14.3 Å². The van der Waals surface area contributed by atoms with Crippen molar-refractivity contribution in [1.82, 2.24) is 5.32 Å². The normalized spacial score (nSPS) is 18.1. The zero-order valence-electron chi connectivity index (χ0n) is 14.5. The minimum Gasteiger partial charge on any atom is -0.479 e. The van der Waals surface area contributed by atoms with E-state index in [1.165, 1.54) is 4.90 Å². The van der Waals surface area contributed by atoms with Gasteiger partial charge in [0.05, 0.1) is 12.3 Å². The van der Waals surface area contributed by atoms with Crippen LogP contribution < -0.4 is 15.0 Å². The summed E-state index contributed by atoms with van der Waals surface area (Å²) < 4.78 is 46.1. The van der Waals surface area contributed by atoms with Crippen LogP contribution in [0.1, 0.15) is 20.3 Å². The SMILES string of the molecule is CC(COCC(F)(F)F)NC(=O)CCN1C(=O)C(C)Oc2ccccc21. The van der Waals surface area contributed by atoms with Crippen molar-refractivity contribution in [3.05, 3.63) is 24.3 Å². The van der Waals surface area contributed by atoms with E-state index in [4.69, 9.17) is 4.74 Å². The molecule has 2 atom stereocenters. The first-order valence-electron chi connectivity index (χ1n) is 8.18. The molecule has 0 radical (unpaired) electrons. The fourth-order valence-electron chi connectivity index (χ4n) is 2.54. The highest BCUT2D eigenvalue weighted by atomic mass is 19.4. The Morgan fingerprint density at radius 2 is 2.08 bits per heavy atom. The molecule has 1 aromatic carbocycles. The molecule has 1 heterocycles. The highest BCUT2D eigenvalue weighted by molar-refractivity contribution is 6.00. The Morgan fingerprint density at radius 3 is 2.77 bits per heavy atom. The smallest absolute Gasteiger partial charge is 0.411 e. The fraction of sp³-hybridized carbons (Fsp3) is 0.529. The highest BCUT2D eigenvalue weighted by Crippen LogP contribution is 2.33. The molecule has 0 bridgehead atoms. The maximum Gasteiger partial charge on any atom is 0.411 e. The monoisotopic (exact) mass is 374 g/mol. The van der Waals surface area contributed by atoms with Gasteiger partial charge in [-0.1, -0.05) is 12.1 Å². The molecule has 6 nitrogen and oxygen atoms in total. The minimum absolute atomic E-state index is 0.0103. The number of carbonyl (C=O) groups is 2. The third-order valence-electron chi connectivity index (χ3n) is 3.68. The lowest BCUT2D eigenvalue weighted by Gasteiger charge is -2.32. The van der Waals surface area contributed by atoms with Gasteiger partial charge in [-0.25, -0.2) is 0 Å². The van der Waals surface area contributed by atoms with Gasteiger partial charge < -0.3 is 19.7 Å². The zero-order valence-corrected chi connectivity index (χ0v) is 14.5. The lowest BCUT2D eigenvalue weighted by molar-refractivity contribution is -0.175. The Hall–Kier alpha value is -2.29. The molecule has 26 heavy (non-hydrogen) atoms. The maximum absolute atomic E-state index is 12.3. The molecule has 1 aliphatic rings. The van der Waals surface area contributed by atoms with Crippen LogP contribution >= 0.6 is 0 Å². The second kappa shape index (κ2) is 8.39. The molecular formula is C17H21F3N2O4. The van der Waals surface area contributed by atoms with Gasteiger partial charge in [-0.15, -0.1) is 0 Å². The summed E-state index contributed by atoms with van der Waals surface area (Å²) in [7, 11) is 0. The predicted octanol–water partition coefficient (Wildman–Crippen LogP) is 2.27. The second-order valence-corrected chi connectivity index (χ2v) is 6.07. The largest absolute Gasteiger partial charge is 0.479 e. The van der Waals surface area contributed by atoms with Crippen LogP contribution in [0.2, 0.25) is 0 Å². The van der Waals surface area contributed by atoms with E-state index in [2.05, 4.69) is 10.1 Å². The van der Waals surface area contributed by atoms with Gasteiger partial charge in [-0.05, 0) is 26.0 Å². The van der Waals surface area contributed by atoms with E-state index in [-0.39, 0.29) is 31.4 Å². The Kier molecular flexibility index (Phi) is 6.47. The molecule has 9 heteroatoms. The lowest BCUT2D eigenvalue weighted by atomic mass is 10.1. The average Bonchev–Trinajstić information content (AvgIpc) is 2.54. The number of hydrogen-bond donors (Lipinski definition) is 1. The fourth-order valence-corrected chi connectivity index (χ4v) is 2.54. The van der Waals surface area contributed by atoms with Gasteiger partial charge in [0, 0.05) is 19.0 Å². The third-order valence-corrected chi connectivity index (χ3v) is 3.68. The number of nitrogens with zero attached hydrogens (tertiary/aromatic N) is 1. The van der Waals surface area contributed by atoms with Crippen molar-refractivity contribution in [2.45, 2.75) is 38.6 Å². The molecule has 0 spiro atoms. The van der Waals surface area contributed by atoms with Crippen LogP contribution in [-0.4, -0.2) is 49.9 Å². The first-order valence-corrected chi connectivity index (χ1v) is 8.18. The average molecular weight is 374 g/mol. The van der Waals surface area contributed by atoms with Crippen LogP contribution in [0.3, 0.4) is 0 Å². The topological polar surface area (TPSA) is 67.9 Å². The van der Waals surface area contributed by atoms with Gasteiger partial charge in [0.2, 0.25) is 5.91 Å². The summed E-state index contributed by atoms with van der Waals surface area (Å²) in [6.45, 7) is 1.72. The molecule has 0 fully saturated rings. The van der Waals surface area contributed by atoms with Crippen molar-refractivity contribution < 1.29 is 32.2 Å². The van der Waals surface area contributed by atoms with Crippen LogP contribution in [0, 0.1) is 0 Å². The van der Waals surface area contributed by atoms with Gasteiger partial charge in [-0.3, -0.25) is 9.59 Å². The Bertz CT molecular complexity index is 651. The number of anilines is 1. The summed E-state index contributed by atoms with van der Waals surface area (Å²) in [5.41, 5.74) is 0.588. The number of rotatable bonds is 7. The van der Waals surface area contributed by atoms with E-state index in [1.54, 1.807) is 38.1 Å². The van der Waals surface area contributed by atoms with Crippen molar-refractivity contribution in [2.75, 3.05) is 24.7 Å². The van der Waals surface area contributed by atoms with Crippen LogP contribution in [0.5, 0.6) is 5.75 Å². The van der Waals surface area contributed by atoms with E-state index >= 15 is 0 Å². The number of carbonyl (C=O) groups excluding carboxylic acids is 2. The molecule has 2 rings (SSSR count). The summed E-state index contributed by atoms with van der Waals surface area (Å²) in [5, 5.41) is 2.56. The van der Waals surface area contributed by atoms with E-state index in [1.807, 2.05) is 0 Å². The first kappa shape index (κ1) is 20.0. The van der Waals surface area contributed by atoms with E-state index in [0.717, 1.165) is 0 Å². The number of ether oxygens (including phenoxy) is 2. The summed E-state index contributed by atoms with van der Waals surface area (Å²) in [4.78, 5) is 25.8. The molecule has 0 saturated heterocycles. The molecule has 0 saturated carbocycles. The molecule has 144 valence electrons. The van der Waals surface area contributed by atoms with Crippen molar-refractivity contribution in [3.8, 4) is 5.75 Å². The number of hydrogen-bond acceptors (Lipinski definition) is 4. The maximum atomic E-state index is 12.3. The molecule has 1 aliphatic heterocycles. The summed E-state index contributed by atoms with van der Waals surface area (Å²) in [6, 6.07) is 6.44. The highest BCUT2D eigenvalue weighted by Gasteiger charge is 2.31. The van der Waals surface area contributed by atoms with Gasteiger partial charge in [0.15, 0.2) is 6.10 Å². The van der Waals surface area contributed by atoms with Gasteiger partial charge in [0.25, 0.3) is 5.91 Å². The van der Waals surface area contributed by atoms with Gasteiger partial charge in [0.1, 0.15) is 12.4 Å². The van der Waals surface area contributed by atoms with Crippen molar-refractivity contribution >= 4 is 17.5 Å². The van der Waals surface area contributed by atoms with Crippen molar-refractivity contribution in [1.29, 1.82) is 0 Å². The van der Waals surface area contributed by atoms with Gasteiger partial charge in [-0.2, -0.15) is 13.2 Å². The van der Waals surface area contributed by atoms with E-state index in [0.29, 0.717) is 11.4 Å². The Labute approximate surface area is 149 Å². The third kappa shape index (κ3) is 5.62. The molecule has 1 aromatic rings. The number of para-hydroxylation sites is 2. The minimum atomic E-state index is -4.40. The molecule has 0 aliphatic carbocycles. The molecular weight excluding hydrogens is 353 g/mol. The number of nitrogens with one attached hydrogen (secondary N) is 1. The van der Waals surface area contributed by atoms with Crippen molar-refractivity contribution in [2.24, 2.45) is 0 Å². The second-order valence-electron chi connectivity index (χ2n) is 6.07. The van der Waals surface area contributed by atoms with Crippen LogP contribution in [0.15, 0.2) is 24.3 Å². The molecule has 1 N–H and O–H groups in total. The predicted molar refractivity (Wildman–Crippen MR) is 88.0 cm³/mol. The number of halogens is 3. The summed E-state index contributed by atoms with van der Waals surface area (Å²) in [6.07, 6.45) is -5.04.